The lowest BCUT2D eigenvalue weighted by Gasteiger charge is -2.18. The second kappa shape index (κ2) is 4.55. The molecule has 1 aromatic heterocycles. The lowest BCUT2D eigenvalue weighted by Crippen LogP contribution is -2.27. The number of hydrogen-bond donors (Lipinski definition) is 0. The zero-order valence-electron chi connectivity index (χ0n) is 9.48. The molecule has 0 aliphatic rings. The van der Waals surface area contributed by atoms with Crippen molar-refractivity contribution in [1.29, 1.82) is 0 Å². The Labute approximate surface area is 109 Å². The minimum absolute atomic E-state index is 0.157. The van der Waals surface area contributed by atoms with E-state index in [1.807, 2.05) is 18.2 Å². The number of ketones is 1. The van der Waals surface area contributed by atoms with Gasteiger partial charge in [0.15, 0.2) is 5.78 Å². The molecule has 1 aromatic carbocycles. The third-order valence-electron chi connectivity index (χ3n) is 2.56. The monoisotopic (exact) mass is 266 g/mol. The van der Waals surface area contributed by atoms with Crippen molar-refractivity contribution in [2.45, 2.75) is 18.7 Å². The fraction of sp³-hybridized carbons (Fsp3) is 0.250. The summed E-state index contributed by atoms with van der Waals surface area (Å²) >= 11 is 7.42. The maximum Gasteiger partial charge on any atom is 0.189 e. The standard InChI is InChI=1S/C12H11ClN2OS/c1-8-10(15-17-14-8)12(2,13)11(16)9-6-4-3-5-7-9/h3-7H,1-2H3. The summed E-state index contributed by atoms with van der Waals surface area (Å²) in [6.45, 7) is 3.46. The Bertz CT molecular complexity index is 536. The Kier molecular flexibility index (Phi) is 3.26. The summed E-state index contributed by atoms with van der Waals surface area (Å²) in [6.07, 6.45) is 0. The average molecular weight is 267 g/mol. The quantitative estimate of drug-likeness (QED) is 0.633. The van der Waals surface area contributed by atoms with E-state index >= 15 is 0 Å². The molecule has 1 unspecified atom stereocenters. The number of hydrogen-bond acceptors (Lipinski definition) is 4. The van der Waals surface area contributed by atoms with Crippen molar-refractivity contribution >= 4 is 29.1 Å². The lowest BCUT2D eigenvalue weighted by molar-refractivity contribution is 0.0944. The van der Waals surface area contributed by atoms with Gasteiger partial charge in [0, 0.05) is 5.56 Å². The molecule has 0 N–H and O–H groups in total. The van der Waals surface area contributed by atoms with Crippen molar-refractivity contribution < 1.29 is 4.79 Å². The molecule has 2 aromatic rings. The van der Waals surface area contributed by atoms with Gasteiger partial charge < -0.3 is 0 Å². The van der Waals surface area contributed by atoms with Crippen LogP contribution in [-0.2, 0) is 4.87 Å². The number of aryl methyl sites for hydroxylation is 1. The van der Waals surface area contributed by atoms with E-state index in [4.69, 9.17) is 11.6 Å². The van der Waals surface area contributed by atoms with Gasteiger partial charge in [0.25, 0.3) is 0 Å². The summed E-state index contributed by atoms with van der Waals surface area (Å²) in [5.74, 6) is -0.157. The summed E-state index contributed by atoms with van der Waals surface area (Å²) < 4.78 is 8.16. The van der Waals surface area contributed by atoms with E-state index in [1.165, 1.54) is 0 Å². The van der Waals surface area contributed by atoms with Crippen molar-refractivity contribution in [3.05, 3.63) is 47.3 Å². The van der Waals surface area contributed by atoms with Gasteiger partial charge in [0.05, 0.1) is 17.4 Å². The molecule has 17 heavy (non-hydrogen) atoms. The van der Waals surface area contributed by atoms with E-state index in [0.29, 0.717) is 17.0 Å². The van der Waals surface area contributed by atoms with Crippen LogP contribution >= 0.6 is 23.3 Å². The van der Waals surface area contributed by atoms with E-state index in [9.17, 15) is 4.79 Å². The maximum absolute atomic E-state index is 12.3. The summed E-state index contributed by atoms with van der Waals surface area (Å²) in [4.78, 5) is 11.2. The van der Waals surface area contributed by atoms with Crippen molar-refractivity contribution in [3.8, 4) is 0 Å². The van der Waals surface area contributed by atoms with Crippen LogP contribution in [0.4, 0.5) is 0 Å². The molecule has 5 heteroatoms. The molecule has 88 valence electrons. The van der Waals surface area contributed by atoms with E-state index in [-0.39, 0.29) is 5.78 Å². The Balaban J connectivity index is 2.40. The van der Waals surface area contributed by atoms with Crippen LogP contribution in [0.5, 0.6) is 0 Å². The van der Waals surface area contributed by atoms with Crippen molar-refractivity contribution in [2.75, 3.05) is 0 Å². The van der Waals surface area contributed by atoms with Crippen LogP contribution in [0.25, 0.3) is 0 Å². The van der Waals surface area contributed by atoms with Crippen molar-refractivity contribution in [3.63, 3.8) is 0 Å². The smallest absolute Gasteiger partial charge is 0.189 e. The molecule has 2 rings (SSSR count). The van der Waals surface area contributed by atoms with Gasteiger partial charge in [-0.1, -0.05) is 30.3 Å². The molecule has 0 aliphatic heterocycles. The third kappa shape index (κ3) is 2.23. The number of benzene rings is 1. The number of carbonyl (C=O) groups excluding carboxylic acids is 1. The zero-order chi connectivity index (χ0) is 12.5. The number of rotatable bonds is 3. The Morgan fingerprint density at radius 3 is 2.47 bits per heavy atom. The zero-order valence-corrected chi connectivity index (χ0v) is 11.0. The van der Waals surface area contributed by atoms with Gasteiger partial charge in [-0.15, -0.1) is 11.6 Å². The molecule has 3 nitrogen and oxygen atoms in total. The SMILES string of the molecule is Cc1nsnc1C(C)(Cl)C(=O)c1ccccc1. The first-order valence-electron chi connectivity index (χ1n) is 5.12. The first-order valence-corrected chi connectivity index (χ1v) is 6.22. The predicted molar refractivity (Wildman–Crippen MR) is 68.6 cm³/mol. The molecule has 0 saturated heterocycles. The van der Waals surface area contributed by atoms with Crippen LogP contribution in [0.15, 0.2) is 30.3 Å². The summed E-state index contributed by atoms with van der Waals surface area (Å²) in [5, 5.41) is 0. The van der Waals surface area contributed by atoms with E-state index in [0.717, 1.165) is 11.7 Å². The average Bonchev–Trinajstić information content (AvgIpc) is 2.76. The molecule has 1 atom stereocenters. The van der Waals surface area contributed by atoms with Crippen molar-refractivity contribution in [2.24, 2.45) is 0 Å². The highest BCUT2D eigenvalue weighted by molar-refractivity contribution is 6.99. The molecule has 0 radical (unpaired) electrons. The maximum atomic E-state index is 12.3. The van der Waals surface area contributed by atoms with E-state index in [2.05, 4.69) is 8.75 Å². The van der Waals surface area contributed by atoms with Gasteiger partial charge in [-0.05, 0) is 13.8 Å². The largest absolute Gasteiger partial charge is 0.292 e. The van der Waals surface area contributed by atoms with Gasteiger partial charge in [0.2, 0.25) is 0 Å². The number of alkyl halides is 1. The van der Waals surface area contributed by atoms with E-state index < -0.39 is 4.87 Å². The summed E-state index contributed by atoms with van der Waals surface area (Å²) in [7, 11) is 0. The van der Waals surface area contributed by atoms with Crippen LogP contribution < -0.4 is 0 Å². The molecule has 0 saturated carbocycles. The molecular weight excluding hydrogens is 256 g/mol. The third-order valence-corrected chi connectivity index (χ3v) is 3.53. The first kappa shape index (κ1) is 12.2. The molecule has 0 fully saturated rings. The fourth-order valence-corrected chi connectivity index (χ4v) is 2.61. The van der Waals surface area contributed by atoms with Crippen LogP contribution in [0, 0.1) is 6.92 Å². The van der Waals surface area contributed by atoms with Gasteiger partial charge >= 0.3 is 0 Å². The topological polar surface area (TPSA) is 42.9 Å². The molecule has 0 aliphatic carbocycles. The number of carbonyl (C=O) groups is 1. The van der Waals surface area contributed by atoms with Crippen LogP contribution in [0.2, 0.25) is 0 Å². The van der Waals surface area contributed by atoms with Gasteiger partial charge in [0.1, 0.15) is 10.6 Å². The number of nitrogens with zero attached hydrogens (tertiary/aromatic N) is 2. The number of Topliss-reactive ketones (excluding diaryl/α,β-unsaturated/α-hetero) is 1. The normalized spacial score (nSPS) is 14.3. The fourth-order valence-electron chi connectivity index (χ4n) is 1.63. The van der Waals surface area contributed by atoms with Gasteiger partial charge in [-0.3, -0.25) is 4.79 Å². The first-order chi connectivity index (χ1) is 8.03. The Hall–Kier alpha value is -1.26. The highest BCUT2D eigenvalue weighted by atomic mass is 35.5. The lowest BCUT2D eigenvalue weighted by atomic mass is 9.94. The highest BCUT2D eigenvalue weighted by Gasteiger charge is 2.37. The van der Waals surface area contributed by atoms with Gasteiger partial charge in [-0.2, -0.15) is 8.75 Å². The molecule has 0 amide bonds. The minimum atomic E-state index is -1.15. The van der Waals surface area contributed by atoms with Crippen LogP contribution in [0.1, 0.15) is 28.7 Å². The van der Waals surface area contributed by atoms with Crippen LogP contribution in [0.3, 0.4) is 0 Å². The van der Waals surface area contributed by atoms with Crippen molar-refractivity contribution in [1.82, 2.24) is 8.75 Å². The molecule has 0 bridgehead atoms. The highest BCUT2D eigenvalue weighted by Crippen LogP contribution is 2.33. The Morgan fingerprint density at radius 1 is 1.29 bits per heavy atom. The number of halogens is 1. The predicted octanol–water partition coefficient (Wildman–Crippen LogP) is 3.18. The van der Waals surface area contributed by atoms with Gasteiger partial charge in [-0.25, -0.2) is 0 Å². The second-order valence-electron chi connectivity index (χ2n) is 3.90. The Morgan fingerprint density at radius 2 is 1.94 bits per heavy atom. The second-order valence-corrected chi connectivity index (χ2v) is 5.18. The van der Waals surface area contributed by atoms with E-state index in [1.54, 1.807) is 26.0 Å². The molecule has 1 heterocycles. The molecule has 0 spiro atoms. The van der Waals surface area contributed by atoms with Crippen LogP contribution in [-0.4, -0.2) is 14.5 Å². The molecular formula is C12H11ClN2OS. The minimum Gasteiger partial charge on any atom is -0.292 e. The summed E-state index contributed by atoms with van der Waals surface area (Å²) in [6, 6.07) is 8.98. The number of aromatic nitrogens is 2. The summed E-state index contributed by atoms with van der Waals surface area (Å²) in [5.41, 5.74) is 1.83.